The average Bonchev–Trinajstić information content (AvgIpc) is 2.68. The van der Waals surface area contributed by atoms with E-state index in [1.54, 1.807) is 0 Å². The van der Waals surface area contributed by atoms with Crippen LogP contribution >= 0.6 is 11.8 Å². The highest BCUT2D eigenvalue weighted by molar-refractivity contribution is 7.99. The molecule has 0 aromatic carbocycles. The van der Waals surface area contributed by atoms with Crippen LogP contribution in [0.1, 0.15) is 37.5 Å². The standard InChI is InChI=1S/C10H16N2OS/c1-7(2)10-12-5-9(13-10)8-6-14-4-3-11-8/h5,7-8,11H,3-4,6H2,1-2H3. The Balaban J connectivity index is 2.07. The van der Waals surface area contributed by atoms with Gasteiger partial charge in [0.15, 0.2) is 5.89 Å². The molecule has 1 aromatic rings. The minimum absolute atomic E-state index is 0.355. The molecular formula is C10H16N2OS. The third-order valence-electron chi connectivity index (χ3n) is 2.30. The van der Waals surface area contributed by atoms with Crippen LogP contribution in [0, 0.1) is 0 Å². The molecule has 1 saturated heterocycles. The predicted octanol–water partition coefficient (Wildman–Crippen LogP) is 2.18. The summed E-state index contributed by atoms with van der Waals surface area (Å²) in [6.07, 6.45) is 1.86. The lowest BCUT2D eigenvalue weighted by Crippen LogP contribution is -2.29. The van der Waals surface area contributed by atoms with Crippen LogP contribution in [0.15, 0.2) is 10.6 Å². The second-order valence-electron chi connectivity index (χ2n) is 3.84. The third kappa shape index (κ3) is 2.12. The first-order chi connectivity index (χ1) is 6.77. The maximum Gasteiger partial charge on any atom is 0.196 e. The molecule has 1 aromatic heterocycles. The fourth-order valence-corrected chi connectivity index (χ4v) is 2.42. The van der Waals surface area contributed by atoms with Crippen LogP contribution in [-0.4, -0.2) is 23.0 Å². The van der Waals surface area contributed by atoms with Crippen molar-refractivity contribution in [3.63, 3.8) is 0 Å². The summed E-state index contributed by atoms with van der Waals surface area (Å²) in [6.45, 7) is 5.25. The zero-order valence-electron chi connectivity index (χ0n) is 8.62. The van der Waals surface area contributed by atoms with Gasteiger partial charge >= 0.3 is 0 Å². The molecule has 78 valence electrons. The molecule has 2 rings (SSSR count). The molecule has 1 fully saturated rings. The maximum atomic E-state index is 5.70. The van der Waals surface area contributed by atoms with Gasteiger partial charge in [0.2, 0.25) is 0 Å². The molecule has 1 N–H and O–H groups in total. The van der Waals surface area contributed by atoms with Gasteiger partial charge in [-0.2, -0.15) is 11.8 Å². The van der Waals surface area contributed by atoms with E-state index >= 15 is 0 Å². The van der Waals surface area contributed by atoms with Crippen LogP contribution in [0.4, 0.5) is 0 Å². The van der Waals surface area contributed by atoms with E-state index in [1.807, 2.05) is 18.0 Å². The third-order valence-corrected chi connectivity index (χ3v) is 3.36. The van der Waals surface area contributed by atoms with E-state index in [-0.39, 0.29) is 0 Å². The molecule has 0 radical (unpaired) electrons. The number of rotatable bonds is 2. The number of thioether (sulfide) groups is 1. The summed E-state index contributed by atoms with van der Waals surface area (Å²) in [7, 11) is 0. The van der Waals surface area contributed by atoms with Gasteiger partial charge in [0.05, 0.1) is 12.2 Å². The molecule has 0 aliphatic carbocycles. The summed E-state index contributed by atoms with van der Waals surface area (Å²) in [5.74, 6) is 4.49. The normalized spacial score (nSPS) is 22.9. The minimum atomic E-state index is 0.355. The summed E-state index contributed by atoms with van der Waals surface area (Å²) in [6, 6.07) is 0.355. The van der Waals surface area contributed by atoms with Gasteiger partial charge in [0.25, 0.3) is 0 Å². The second kappa shape index (κ2) is 4.36. The van der Waals surface area contributed by atoms with E-state index in [4.69, 9.17) is 4.42 Å². The number of hydrogen-bond acceptors (Lipinski definition) is 4. The Labute approximate surface area is 88.7 Å². The summed E-state index contributed by atoms with van der Waals surface area (Å²) in [5, 5.41) is 3.43. The van der Waals surface area contributed by atoms with Crippen LogP contribution in [0.25, 0.3) is 0 Å². The summed E-state index contributed by atoms with van der Waals surface area (Å²) in [5.41, 5.74) is 0. The van der Waals surface area contributed by atoms with Crippen LogP contribution in [0.5, 0.6) is 0 Å². The molecule has 1 unspecified atom stereocenters. The fourth-order valence-electron chi connectivity index (χ4n) is 1.48. The molecule has 0 bridgehead atoms. The van der Waals surface area contributed by atoms with Gasteiger partial charge in [-0.05, 0) is 0 Å². The van der Waals surface area contributed by atoms with Crippen molar-refractivity contribution in [1.82, 2.24) is 10.3 Å². The Morgan fingerprint density at radius 2 is 2.50 bits per heavy atom. The first kappa shape index (κ1) is 10.1. The Bertz CT molecular complexity index is 292. The highest BCUT2D eigenvalue weighted by Crippen LogP contribution is 2.24. The molecular weight excluding hydrogens is 196 g/mol. The quantitative estimate of drug-likeness (QED) is 0.815. The van der Waals surface area contributed by atoms with Gasteiger partial charge in [-0.25, -0.2) is 4.98 Å². The molecule has 3 nitrogen and oxygen atoms in total. The highest BCUT2D eigenvalue weighted by atomic mass is 32.2. The van der Waals surface area contributed by atoms with Crippen molar-refractivity contribution >= 4 is 11.8 Å². The van der Waals surface area contributed by atoms with Crippen molar-refractivity contribution in [2.45, 2.75) is 25.8 Å². The first-order valence-corrected chi connectivity index (χ1v) is 6.19. The highest BCUT2D eigenvalue weighted by Gasteiger charge is 2.19. The topological polar surface area (TPSA) is 38.1 Å². The number of nitrogens with zero attached hydrogens (tertiary/aromatic N) is 1. The van der Waals surface area contributed by atoms with Gasteiger partial charge in [-0.1, -0.05) is 13.8 Å². The summed E-state index contributed by atoms with van der Waals surface area (Å²) in [4.78, 5) is 4.27. The van der Waals surface area contributed by atoms with Gasteiger partial charge in [-0.15, -0.1) is 0 Å². The first-order valence-electron chi connectivity index (χ1n) is 5.04. The zero-order chi connectivity index (χ0) is 9.97. The van der Waals surface area contributed by atoms with E-state index in [2.05, 4.69) is 24.1 Å². The Kier molecular flexibility index (Phi) is 3.13. The van der Waals surface area contributed by atoms with Crippen molar-refractivity contribution < 1.29 is 4.42 Å². The molecule has 4 heteroatoms. The fraction of sp³-hybridized carbons (Fsp3) is 0.700. The van der Waals surface area contributed by atoms with E-state index in [0.717, 1.165) is 23.9 Å². The van der Waals surface area contributed by atoms with Crippen LogP contribution in [0.3, 0.4) is 0 Å². The molecule has 1 aliphatic rings. The monoisotopic (exact) mass is 212 g/mol. The van der Waals surface area contributed by atoms with E-state index in [0.29, 0.717) is 12.0 Å². The SMILES string of the molecule is CC(C)c1ncc(C2CSCCN2)o1. The molecule has 0 saturated carbocycles. The van der Waals surface area contributed by atoms with Crippen LogP contribution in [-0.2, 0) is 0 Å². The van der Waals surface area contributed by atoms with Gasteiger partial charge in [-0.3, -0.25) is 0 Å². The van der Waals surface area contributed by atoms with Crippen molar-refractivity contribution in [1.29, 1.82) is 0 Å². The second-order valence-corrected chi connectivity index (χ2v) is 4.99. The van der Waals surface area contributed by atoms with Crippen molar-refractivity contribution in [3.05, 3.63) is 17.8 Å². The number of hydrogen-bond donors (Lipinski definition) is 1. The smallest absolute Gasteiger partial charge is 0.196 e. The Morgan fingerprint density at radius 3 is 3.07 bits per heavy atom. The zero-order valence-corrected chi connectivity index (χ0v) is 9.43. The largest absolute Gasteiger partial charge is 0.444 e. The summed E-state index contributed by atoms with van der Waals surface area (Å²) < 4.78 is 5.70. The van der Waals surface area contributed by atoms with Crippen molar-refractivity contribution in [3.8, 4) is 0 Å². The maximum absolute atomic E-state index is 5.70. The number of oxazole rings is 1. The van der Waals surface area contributed by atoms with Gasteiger partial charge in [0.1, 0.15) is 5.76 Å². The van der Waals surface area contributed by atoms with E-state index in [1.165, 1.54) is 5.75 Å². The molecule has 0 amide bonds. The Hall–Kier alpha value is -0.480. The Morgan fingerprint density at radius 1 is 1.64 bits per heavy atom. The lowest BCUT2D eigenvalue weighted by molar-refractivity contribution is 0.394. The molecule has 1 aliphatic heterocycles. The van der Waals surface area contributed by atoms with Crippen molar-refractivity contribution in [2.24, 2.45) is 0 Å². The molecule has 1 atom stereocenters. The number of aromatic nitrogens is 1. The molecule has 2 heterocycles. The van der Waals surface area contributed by atoms with Gasteiger partial charge in [0, 0.05) is 24.0 Å². The molecule has 14 heavy (non-hydrogen) atoms. The minimum Gasteiger partial charge on any atom is -0.444 e. The lowest BCUT2D eigenvalue weighted by atomic mass is 10.2. The number of nitrogens with one attached hydrogen (secondary N) is 1. The van der Waals surface area contributed by atoms with E-state index in [9.17, 15) is 0 Å². The van der Waals surface area contributed by atoms with Crippen LogP contribution in [0.2, 0.25) is 0 Å². The van der Waals surface area contributed by atoms with E-state index < -0.39 is 0 Å². The summed E-state index contributed by atoms with van der Waals surface area (Å²) >= 11 is 1.97. The molecule has 0 spiro atoms. The van der Waals surface area contributed by atoms with Crippen LogP contribution < -0.4 is 5.32 Å². The predicted molar refractivity (Wildman–Crippen MR) is 58.7 cm³/mol. The van der Waals surface area contributed by atoms with Gasteiger partial charge < -0.3 is 9.73 Å². The van der Waals surface area contributed by atoms with Crippen molar-refractivity contribution in [2.75, 3.05) is 18.1 Å². The average molecular weight is 212 g/mol. The lowest BCUT2D eigenvalue weighted by Gasteiger charge is -2.20.